The number of benzene rings is 1. The van der Waals surface area contributed by atoms with E-state index in [0.29, 0.717) is 39.1 Å². The largest absolute Gasteiger partial charge is 0.466 e. The van der Waals surface area contributed by atoms with E-state index in [4.69, 9.17) is 4.74 Å². The third-order valence-corrected chi connectivity index (χ3v) is 5.00. The molecule has 27 heavy (non-hydrogen) atoms. The molecule has 0 bridgehead atoms. The van der Waals surface area contributed by atoms with Crippen LogP contribution >= 0.6 is 15.9 Å². The molecule has 1 fully saturated rings. The van der Waals surface area contributed by atoms with Crippen LogP contribution in [0.1, 0.15) is 25.3 Å². The molecular weight excluding hydrogens is 410 g/mol. The monoisotopic (exact) mass is 433 g/mol. The third-order valence-electron chi connectivity index (χ3n) is 4.47. The van der Waals surface area contributed by atoms with Crippen molar-refractivity contribution in [2.45, 2.75) is 26.2 Å². The van der Waals surface area contributed by atoms with Crippen LogP contribution in [0.5, 0.6) is 0 Å². The van der Waals surface area contributed by atoms with Crippen molar-refractivity contribution in [3.8, 4) is 6.07 Å². The number of nitrogens with one attached hydrogen (secondary N) is 1. The van der Waals surface area contributed by atoms with Crippen molar-refractivity contribution in [1.82, 2.24) is 10.2 Å². The number of carbonyl (C=O) groups excluding carboxylic acids is 2. The predicted molar refractivity (Wildman–Crippen MR) is 105 cm³/mol. The standard InChI is InChI=1S/C20H24BrN3O3/c1-2-27-20(26)16-8-11-24(12-9-16)19(25)17(13-22)14-23-10-7-15-3-5-18(21)6-4-15/h3-6,14,16,23H,2,7-12H2,1H3/b17-14-. The Morgan fingerprint density at radius 2 is 2.00 bits per heavy atom. The minimum Gasteiger partial charge on any atom is -0.466 e. The summed E-state index contributed by atoms with van der Waals surface area (Å²) in [6.07, 6.45) is 3.42. The van der Waals surface area contributed by atoms with Crippen LogP contribution < -0.4 is 5.32 Å². The first-order chi connectivity index (χ1) is 13.0. The summed E-state index contributed by atoms with van der Waals surface area (Å²) in [5.41, 5.74) is 1.25. The van der Waals surface area contributed by atoms with E-state index in [1.165, 1.54) is 11.8 Å². The summed E-state index contributed by atoms with van der Waals surface area (Å²) in [6.45, 7) is 3.70. The van der Waals surface area contributed by atoms with Gasteiger partial charge in [-0.25, -0.2) is 0 Å². The molecule has 0 aromatic heterocycles. The summed E-state index contributed by atoms with van der Waals surface area (Å²) in [6, 6.07) is 9.99. The summed E-state index contributed by atoms with van der Waals surface area (Å²) < 4.78 is 6.07. The second-order valence-electron chi connectivity index (χ2n) is 6.32. The van der Waals surface area contributed by atoms with Crippen molar-refractivity contribution in [3.63, 3.8) is 0 Å². The summed E-state index contributed by atoms with van der Waals surface area (Å²) in [7, 11) is 0. The summed E-state index contributed by atoms with van der Waals surface area (Å²) >= 11 is 3.40. The van der Waals surface area contributed by atoms with Crippen molar-refractivity contribution >= 4 is 27.8 Å². The molecular formula is C20H24BrN3O3. The van der Waals surface area contributed by atoms with Gasteiger partial charge in [-0.05, 0) is 43.9 Å². The number of likely N-dealkylation sites (tertiary alicyclic amines) is 1. The lowest BCUT2D eigenvalue weighted by atomic mass is 9.96. The summed E-state index contributed by atoms with van der Waals surface area (Å²) in [5.74, 6) is -0.654. The number of rotatable bonds is 7. The van der Waals surface area contributed by atoms with Gasteiger partial charge in [0.05, 0.1) is 12.5 Å². The molecule has 6 nitrogen and oxygen atoms in total. The molecule has 1 saturated heterocycles. The van der Waals surface area contributed by atoms with Gasteiger partial charge < -0.3 is 15.0 Å². The van der Waals surface area contributed by atoms with Crippen LogP contribution in [0.15, 0.2) is 40.5 Å². The van der Waals surface area contributed by atoms with Gasteiger partial charge >= 0.3 is 5.97 Å². The number of amides is 1. The average molecular weight is 434 g/mol. The van der Waals surface area contributed by atoms with E-state index in [2.05, 4.69) is 21.2 Å². The van der Waals surface area contributed by atoms with Gasteiger partial charge in [0.15, 0.2) is 0 Å². The zero-order chi connectivity index (χ0) is 19.6. The maximum Gasteiger partial charge on any atom is 0.309 e. The van der Waals surface area contributed by atoms with Gasteiger partial charge in [-0.2, -0.15) is 5.26 Å². The molecule has 1 N–H and O–H groups in total. The van der Waals surface area contributed by atoms with Crippen molar-refractivity contribution < 1.29 is 14.3 Å². The third kappa shape index (κ3) is 6.40. The lowest BCUT2D eigenvalue weighted by Crippen LogP contribution is -2.41. The molecule has 0 aliphatic carbocycles. The molecule has 2 rings (SSSR count). The van der Waals surface area contributed by atoms with Crippen LogP contribution in [0.3, 0.4) is 0 Å². The second kappa shape index (κ2) is 10.7. The lowest BCUT2D eigenvalue weighted by molar-refractivity contribution is -0.150. The number of nitriles is 1. The highest BCUT2D eigenvalue weighted by Crippen LogP contribution is 2.20. The number of halogens is 1. The molecule has 0 unspecified atom stereocenters. The molecule has 0 saturated carbocycles. The first kappa shape index (κ1) is 21.0. The molecule has 0 spiro atoms. The van der Waals surface area contributed by atoms with Crippen molar-refractivity contribution in [3.05, 3.63) is 46.1 Å². The van der Waals surface area contributed by atoms with E-state index in [1.54, 1.807) is 11.8 Å². The average Bonchev–Trinajstić information content (AvgIpc) is 2.69. The van der Waals surface area contributed by atoms with Gasteiger partial charge in [-0.3, -0.25) is 9.59 Å². The Labute approximate surface area is 168 Å². The Morgan fingerprint density at radius 1 is 1.33 bits per heavy atom. The normalized spacial score (nSPS) is 15.1. The van der Waals surface area contributed by atoms with Crippen LogP contribution in [0.25, 0.3) is 0 Å². The van der Waals surface area contributed by atoms with Crippen molar-refractivity contribution in [1.29, 1.82) is 5.26 Å². The highest BCUT2D eigenvalue weighted by atomic mass is 79.9. The molecule has 1 aliphatic heterocycles. The van der Waals surface area contributed by atoms with Crippen molar-refractivity contribution in [2.75, 3.05) is 26.2 Å². The van der Waals surface area contributed by atoms with Gasteiger partial charge in [-0.1, -0.05) is 28.1 Å². The van der Waals surface area contributed by atoms with E-state index in [0.717, 1.165) is 10.9 Å². The quantitative estimate of drug-likeness (QED) is 0.309. The van der Waals surface area contributed by atoms with Gasteiger partial charge in [0, 0.05) is 30.3 Å². The van der Waals surface area contributed by atoms with Crippen LogP contribution in [-0.4, -0.2) is 43.0 Å². The fourth-order valence-electron chi connectivity index (χ4n) is 2.93. The van der Waals surface area contributed by atoms with Crippen molar-refractivity contribution in [2.24, 2.45) is 5.92 Å². The molecule has 0 atom stereocenters. The Kier molecular flexibility index (Phi) is 8.34. The minimum absolute atomic E-state index is 0.0837. The van der Waals surface area contributed by atoms with Crippen LogP contribution in [-0.2, 0) is 20.7 Å². The number of ether oxygens (including phenoxy) is 1. The lowest BCUT2D eigenvalue weighted by Gasteiger charge is -2.30. The summed E-state index contributed by atoms with van der Waals surface area (Å²) in [4.78, 5) is 25.9. The smallest absolute Gasteiger partial charge is 0.309 e. The van der Waals surface area contributed by atoms with Crippen LogP contribution in [0.2, 0.25) is 0 Å². The zero-order valence-electron chi connectivity index (χ0n) is 15.4. The fourth-order valence-corrected chi connectivity index (χ4v) is 3.20. The molecule has 1 aliphatic rings. The first-order valence-electron chi connectivity index (χ1n) is 9.09. The fraction of sp³-hybridized carbons (Fsp3) is 0.450. The maximum atomic E-state index is 12.5. The number of nitrogens with zero attached hydrogens (tertiary/aromatic N) is 2. The van der Waals surface area contributed by atoms with E-state index in [9.17, 15) is 14.9 Å². The highest BCUT2D eigenvalue weighted by Gasteiger charge is 2.29. The second-order valence-corrected chi connectivity index (χ2v) is 7.23. The van der Waals surface area contributed by atoms with E-state index >= 15 is 0 Å². The minimum atomic E-state index is -0.295. The molecule has 1 aromatic carbocycles. The number of piperidine rings is 1. The number of hydrogen-bond acceptors (Lipinski definition) is 5. The molecule has 1 amide bonds. The SMILES string of the molecule is CCOC(=O)C1CCN(C(=O)/C(C#N)=C\NCCc2ccc(Br)cc2)CC1. The van der Waals surface area contributed by atoms with Crippen LogP contribution in [0.4, 0.5) is 0 Å². The van der Waals surface area contributed by atoms with Crippen LogP contribution in [0, 0.1) is 17.2 Å². The van der Waals surface area contributed by atoms with Gasteiger partial charge in [-0.15, -0.1) is 0 Å². The van der Waals surface area contributed by atoms with E-state index in [-0.39, 0.29) is 23.4 Å². The summed E-state index contributed by atoms with van der Waals surface area (Å²) in [5, 5.41) is 12.3. The van der Waals surface area contributed by atoms with E-state index in [1.807, 2.05) is 30.3 Å². The van der Waals surface area contributed by atoms with Gasteiger partial charge in [0.2, 0.25) is 0 Å². The predicted octanol–water partition coefficient (Wildman–Crippen LogP) is 2.79. The molecule has 0 radical (unpaired) electrons. The highest BCUT2D eigenvalue weighted by molar-refractivity contribution is 9.10. The maximum absolute atomic E-state index is 12.5. The van der Waals surface area contributed by atoms with E-state index < -0.39 is 0 Å². The zero-order valence-corrected chi connectivity index (χ0v) is 17.0. The molecule has 1 heterocycles. The molecule has 144 valence electrons. The first-order valence-corrected chi connectivity index (χ1v) is 9.88. The Bertz CT molecular complexity index is 717. The Hall–Kier alpha value is -2.33. The number of carbonyl (C=O) groups is 2. The topological polar surface area (TPSA) is 82.4 Å². The Morgan fingerprint density at radius 3 is 2.59 bits per heavy atom. The van der Waals surface area contributed by atoms with Gasteiger partial charge in [0.25, 0.3) is 5.91 Å². The van der Waals surface area contributed by atoms with Gasteiger partial charge in [0.1, 0.15) is 11.6 Å². The molecule has 1 aromatic rings. The number of hydrogen-bond donors (Lipinski definition) is 1. The Balaban J connectivity index is 1.81. The number of esters is 1. The molecule has 7 heteroatoms.